The summed E-state index contributed by atoms with van der Waals surface area (Å²) < 4.78 is 62.5. The van der Waals surface area contributed by atoms with Gasteiger partial charge in [-0.25, -0.2) is 0 Å². The molecule has 14 heavy (non-hydrogen) atoms. The topological polar surface area (TPSA) is 26.3 Å². The van der Waals surface area contributed by atoms with Gasteiger partial charge in [0.05, 0.1) is 6.42 Å². The average Bonchev–Trinajstić information content (AvgIpc) is 1.99. The van der Waals surface area contributed by atoms with Crippen LogP contribution in [0.1, 0.15) is 6.42 Å². The Morgan fingerprint density at radius 3 is 2.07 bits per heavy atom. The van der Waals surface area contributed by atoms with E-state index in [9.17, 15) is 26.7 Å². The predicted molar refractivity (Wildman–Crippen MR) is 40.4 cm³/mol. The second-order valence-electron chi connectivity index (χ2n) is 2.34. The normalized spacial score (nSPS) is 12.7. The molecule has 0 heterocycles. The summed E-state index contributed by atoms with van der Waals surface area (Å²) in [6.07, 6.45) is -6.01. The molecule has 0 aromatic rings. The second kappa shape index (κ2) is 4.81. The monoisotopic (exact) mass is 238 g/mol. The van der Waals surface area contributed by atoms with Crippen molar-refractivity contribution in [2.45, 2.75) is 18.5 Å². The number of carbonyl (C=O) groups is 1. The summed E-state index contributed by atoms with van der Waals surface area (Å²) in [4.78, 5) is 10.4. The lowest BCUT2D eigenvalue weighted by Crippen LogP contribution is -2.41. The van der Waals surface area contributed by atoms with Crippen molar-refractivity contribution in [3.63, 3.8) is 0 Å². The molecule has 0 unspecified atom stereocenters. The van der Waals surface area contributed by atoms with Gasteiger partial charge in [0.15, 0.2) is 6.61 Å². The van der Waals surface area contributed by atoms with E-state index in [1.807, 2.05) is 0 Å². The third-order valence-electron chi connectivity index (χ3n) is 1.15. The molecule has 0 aliphatic rings. The molecule has 0 aromatic carbocycles. The molecule has 0 N–H and O–H groups in total. The van der Waals surface area contributed by atoms with Crippen molar-refractivity contribution in [3.8, 4) is 0 Å². The van der Waals surface area contributed by atoms with Gasteiger partial charge in [0, 0.05) is 5.75 Å². The number of halogens is 5. The first kappa shape index (κ1) is 13.5. The summed E-state index contributed by atoms with van der Waals surface area (Å²) in [7, 11) is 0. The maximum atomic E-state index is 12.1. The Morgan fingerprint density at radius 2 is 1.71 bits per heavy atom. The molecule has 0 rings (SSSR count). The number of hydrogen-bond donors (Lipinski definition) is 1. The van der Waals surface area contributed by atoms with Crippen LogP contribution in [-0.2, 0) is 9.53 Å². The van der Waals surface area contributed by atoms with E-state index in [1.165, 1.54) is 0 Å². The van der Waals surface area contributed by atoms with Crippen molar-refractivity contribution in [3.05, 3.63) is 0 Å². The van der Waals surface area contributed by atoms with Crippen molar-refractivity contribution in [1.82, 2.24) is 0 Å². The van der Waals surface area contributed by atoms with E-state index in [0.717, 1.165) is 0 Å². The second-order valence-corrected chi connectivity index (χ2v) is 2.78. The van der Waals surface area contributed by atoms with E-state index in [-0.39, 0.29) is 12.2 Å². The Labute approximate surface area is 81.8 Å². The van der Waals surface area contributed by atoms with Gasteiger partial charge in [0.1, 0.15) is 0 Å². The molecule has 8 heteroatoms. The zero-order valence-corrected chi connectivity index (χ0v) is 7.67. The van der Waals surface area contributed by atoms with Crippen LogP contribution in [0.5, 0.6) is 0 Å². The summed E-state index contributed by atoms with van der Waals surface area (Å²) in [6.45, 7) is -1.98. The number of rotatable bonds is 4. The quantitative estimate of drug-likeness (QED) is 0.461. The number of alkyl halides is 5. The smallest absolute Gasteiger partial charge is 0.456 e. The van der Waals surface area contributed by atoms with Crippen LogP contribution in [-0.4, -0.2) is 30.4 Å². The molecule has 84 valence electrons. The van der Waals surface area contributed by atoms with Gasteiger partial charge in [0.2, 0.25) is 0 Å². The third-order valence-corrected chi connectivity index (χ3v) is 1.37. The molecule has 0 bridgehead atoms. The van der Waals surface area contributed by atoms with Gasteiger partial charge >= 0.3 is 18.1 Å². The van der Waals surface area contributed by atoms with E-state index in [2.05, 4.69) is 17.4 Å². The highest BCUT2D eigenvalue weighted by Gasteiger charge is 2.58. The lowest BCUT2D eigenvalue weighted by Gasteiger charge is -2.18. The van der Waals surface area contributed by atoms with Crippen LogP contribution >= 0.6 is 12.6 Å². The molecule has 0 aliphatic heterocycles. The van der Waals surface area contributed by atoms with Gasteiger partial charge in [-0.15, -0.1) is 0 Å². The molecule has 0 spiro atoms. The maximum absolute atomic E-state index is 12.1. The summed E-state index contributed by atoms with van der Waals surface area (Å²) in [5.74, 6) is -6.11. The van der Waals surface area contributed by atoms with Crippen LogP contribution < -0.4 is 0 Å². The van der Waals surface area contributed by atoms with Crippen molar-refractivity contribution < 1.29 is 31.5 Å². The van der Waals surface area contributed by atoms with Crippen LogP contribution in [0.4, 0.5) is 22.0 Å². The van der Waals surface area contributed by atoms with E-state index >= 15 is 0 Å². The maximum Gasteiger partial charge on any atom is 0.456 e. The lowest BCUT2D eigenvalue weighted by atomic mass is 10.3. The Kier molecular flexibility index (Phi) is 4.63. The lowest BCUT2D eigenvalue weighted by molar-refractivity contribution is -0.294. The highest BCUT2D eigenvalue weighted by Crippen LogP contribution is 2.35. The number of hydrogen-bond acceptors (Lipinski definition) is 3. The zero-order valence-electron chi connectivity index (χ0n) is 6.77. The SMILES string of the molecule is O=C(CCS)OCC(F)(F)C(F)(F)F. The van der Waals surface area contributed by atoms with Gasteiger partial charge in [0.25, 0.3) is 0 Å². The first-order valence-electron chi connectivity index (χ1n) is 3.42. The molecule has 0 saturated carbocycles. The average molecular weight is 238 g/mol. The summed E-state index contributed by atoms with van der Waals surface area (Å²) >= 11 is 3.57. The molecular formula is C6H7F5O2S. The minimum Gasteiger partial charge on any atom is -0.459 e. The van der Waals surface area contributed by atoms with Crippen LogP contribution in [0, 0.1) is 0 Å². The number of ether oxygens (including phenoxy) is 1. The first-order valence-corrected chi connectivity index (χ1v) is 4.05. The predicted octanol–water partition coefficient (Wildman–Crippen LogP) is 2.05. The number of esters is 1. The zero-order chi connectivity index (χ0) is 11.4. The Balaban J connectivity index is 4.06. The molecule has 0 fully saturated rings. The highest BCUT2D eigenvalue weighted by atomic mass is 32.1. The first-order chi connectivity index (χ1) is 6.20. The largest absolute Gasteiger partial charge is 0.459 e. The number of carbonyl (C=O) groups excluding carboxylic acids is 1. The minimum absolute atomic E-state index is 0.0242. The molecule has 0 saturated heterocycles. The Hall–Kier alpha value is -0.530. The fraction of sp³-hybridized carbons (Fsp3) is 0.833. The standard InChI is InChI=1S/C6H7F5O2S/c7-5(8,6(9,10)11)3-13-4(12)1-2-14/h14H,1-3H2. The van der Waals surface area contributed by atoms with Gasteiger partial charge < -0.3 is 4.74 Å². The molecule has 0 aromatic heterocycles. The van der Waals surface area contributed by atoms with Gasteiger partial charge in [-0.3, -0.25) is 4.79 Å². The van der Waals surface area contributed by atoms with Crippen molar-refractivity contribution in [1.29, 1.82) is 0 Å². The fourth-order valence-corrected chi connectivity index (χ4v) is 0.599. The fourth-order valence-electron chi connectivity index (χ4n) is 0.416. The molecule has 0 amide bonds. The van der Waals surface area contributed by atoms with Crippen LogP contribution in [0.15, 0.2) is 0 Å². The molecular weight excluding hydrogens is 231 g/mol. The van der Waals surface area contributed by atoms with Crippen molar-refractivity contribution >= 4 is 18.6 Å². The summed E-state index contributed by atoms with van der Waals surface area (Å²) in [6, 6.07) is 0. The number of thiol groups is 1. The third kappa shape index (κ3) is 4.12. The van der Waals surface area contributed by atoms with Gasteiger partial charge in [-0.2, -0.15) is 34.6 Å². The molecule has 0 radical (unpaired) electrons. The summed E-state index contributed by atoms with van der Waals surface area (Å²) in [5.41, 5.74) is 0. The van der Waals surface area contributed by atoms with Crippen LogP contribution in [0.3, 0.4) is 0 Å². The molecule has 0 aliphatic carbocycles. The van der Waals surface area contributed by atoms with E-state index in [4.69, 9.17) is 0 Å². The van der Waals surface area contributed by atoms with E-state index in [1.54, 1.807) is 0 Å². The summed E-state index contributed by atoms with van der Waals surface area (Å²) in [5, 5.41) is 0. The van der Waals surface area contributed by atoms with Gasteiger partial charge in [-0.05, 0) is 0 Å². The highest BCUT2D eigenvalue weighted by molar-refractivity contribution is 7.80. The minimum atomic E-state index is -5.70. The van der Waals surface area contributed by atoms with Crippen molar-refractivity contribution in [2.24, 2.45) is 0 Å². The Bertz CT molecular complexity index is 203. The molecule has 2 nitrogen and oxygen atoms in total. The van der Waals surface area contributed by atoms with Crippen molar-refractivity contribution in [2.75, 3.05) is 12.4 Å². The van der Waals surface area contributed by atoms with E-state index < -0.39 is 24.7 Å². The van der Waals surface area contributed by atoms with Crippen LogP contribution in [0.25, 0.3) is 0 Å². The van der Waals surface area contributed by atoms with Crippen LogP contribution in [0.2, 0.25) is 0 Å². The van der Waals surface area contributed by atoms with Gasteiger partial charge in [-0.1, -0.05) is 0 Å². The Morgan fingerprint density at radius 1 is 1.21 bits per heavy atom. The van der Waals surface area contributed by atoms with E-state index in [0.29, 0.717) is 0 Å². The molecule has 0 atom stereocenters.